The number of methoxy groups -OCH3 is 1. The van der Waals surface area contributed by atoms with Crippen LogP contribution in [-0.2, 0) is 15.6 Å². The summed E-state index contributed by atoms with van der Waals surface area (Å²) in [5.74, 6) is -1.69. The molecular weight excluding hydrogens is 647 g/mol. The van der Waals surface area contributed by atoms with E-state index in [4.69, 9.17) is 15.0 Å². The third-order valence-electron chi connectivity index (χ3n) is 7.77. The van der Waals surface area contributed by atoms with Crippen molar-refractivity contribution in [1.29, 1.82) is 0 Å². The molecule has 18 heteroatoms. The standard InChI is InChI=1S/C29H35F4N8O5P/c1-16(2)46-47(43,44)15-39-27-24-28(37-13-36-27)41(14-38-24)11-17-7-21(18-8-20(31)23(45-3)9-19(18)30)35-10-22(17)40-6-4-5-29(34,12-40)25(42)26(32)33/h7-10,13-14,16,25-26,42H,4-6,11-12,15,34H2,1-3H3,(H,43,44)(H,36,37,39)/t25-,29-/m1/s1. The van der Waals surface area contributed by atoms with Crippen LogP contribution in [0.25, 0.3) is 22.4 Å². The number of ether oxygens (including phenoxy) is 1. The molecule has 3 atom stereocenters. The quantitative estimate of drug-likeness (QED) is 0.125. The molecule has 4 heterocycles. The Labute approximate surface area is 267 Å². The van der Waals surface area contributed by atoms with Crippen LogP contribution in [0.2, 0.25) is 0 Å². The number of anilines is 2. The van der Waals surface area contributed by atoms with Gasteiger partial charge in [0.1, 0.15) is 30.1 Å². The summed E-state index contributed by atoms with van der Waals surface area (Å²) in [7, 11) is -2.78. The number of aliphatic hydroxyl groups excluding tert-OH is 1. The summed E-state index contributed by atoms with van der Waals surface area (Å²) in [4.78, 5) is 29.1. The van der Waals surface area contributed by atoms with Crippen LogP contribution in [0.3, 0.4) is 0 Å². The van der Waals surface area contributed by atoms with E-state index in [9.17, 15) is 27.7 Å². The summed E-state index contributed by atoms with van der Waals surface area (Å²) < 4.78 is 80.8. The van der Waals surface area contributed by atoms with E-state index in [0.29, 0.717) is 29.9 Å². The number of aliphatic hydroxyl groups is 1. The van der Waals surface area contributed by atoms with E-state index in [1.54, 1.807) is 23.3 Å². The van der Waals surface area contributed by atoms with Crippen molar-refractivity contribution in [2.24, 2.45) is 5.73 Å². The first-order valence-corrected chi connectivity index (χ1v) is 16.4. The molecule has 0 radical (unpaired) electrons. The van der Waals surface area contributed by atoms with Gasteiger partial charge in [-0.15, -0.1) is 0 Å². The van der Waals surface area contributed by atoms with E-state index in [2.05, 4.69) is 25.3 Å². The second kappa shape index (κ2) is 13.7. The number of nitrogens with one attached hydrogen (secondary N) is 1. The SMILES string of the molecule is COc1cc(F)c(-c2cc(Cn3cnc4c(NCP(=O)(O)OC(C)C)ncnc43)c(N3CCC[C@](N)([C@H](O)C(F)F)C3)cn2)cc1F. The highest BCUT2D eigenvalue weighted by Gasteiger charge is 2.43. The Balaban J connectivity index is 1.54. The smallest absolute Gasteiger partial charge is 0.347 e. The molecule has 0 amide bonds. The molecule has 1 saturated heterocycles. The Morgan fingerprint density at radius 1 is 1.15 bits per heavy atom. The van der Waals surface area contributed by atoms with Crippen LogP contribution >= 0.6 is 7.60 Å². The third-order valence-corrected chi connectivity index (χ3v) is 9.08. The highest BCUT2D eigenvalue weighted by molar-refractivity contribution is 7.52. The molecule has 3 aromatic heterocycles. The van der Waals surface area contributed by atoms with Gasteiger partial charge in [0.05, 0.1) is 49.2 Å². The van der Waals surface area contributed by atoms with Crippen molar-refractivity contribution in [2.75, 3.05) is 36.7 Å². The van der Waals surface area contributed by atoms with E-state index in [1.807, 2.05) is 0 Å². The molecule has 1 aliphatic heterocycles. The lowest BCUT2D eigenvalue weighted by Crippen LogP contribution is -2.63. The zero-order chi connectivity index (χ0) is 34.1. The lowest BCUT2D eigenvalue weighted by atomic mass is 9.84. The summed E-state index contributed by atoms with van der Waals surface area (Å²) in [5, 5.41) is 13.0. The Kier molecular flexibility index (Phi) is 10.0. The fourth-order valence-electron chi connectivity index (χ4n) is 5.59. The summed E-state index contributed by atoms with van der Waals surface area (Å²) in [6.45, 7) is 3.57. The van der Waals surface area contributed by atoms with Gasteiger partial charge in [-0.3, -0.25) is 9.55 Å². The van der Waals surface area contributed by atoms with Gasteiger partial charge in [0.15, 0.2) is 23.0 Å². The van der Waals surface area contributed by atoms with E-state index in [0.717, 1.165) is 12.1 Å². The van der Waals surface area contributed by atoms with E-state index in [-0.39, 0.29) is 47.9 Å². The minimum Gasteiger partial charge on any atom is -0.494 e. The van der Waals surface area contributed by atoms with Gasteiger partial charge < -0.3 is 39.8 Å². The summed E-state index contributed by atoms with van der Waals surface area (Å²) in [6, 6.07) is 3.41. The molecule has 1 aromatic carbocycles. The van der Waals surface area contributed by atoms with E-state index >= 15 is 4.39 Å². The number of rotatable bonds is 12. The van der Waals surface area contributed by atoms with Crippen LogP contribution < -0.4 is 20.7 Å². The number of nitrogens with two attached hydrogens (primary N) is 1. The predicted octanol–water partition coefficient (Wildman–Crippen LogP) is 4.13. The molecule has 4 aromatic rings. The zero-order valence-electron chi connectivity index (χ0n) is 25.8. The number of benzene rings is 1. The number of hydrogen-bond donors (Lipinski definition) is 4. The molecule has 0 spiro atoms. The Bertz CT molecular complexity index is 1800. The number of nitrogens with zero attached hydrogens (tertiary/aromatic N) is 6. The molecule has 1 aliphatic rings. The fourth-order valence-corrected chi connectivity index (χ4v) is 6.67. The van der Waals surface area contributed by atoms with Crippen LogP contribution in [0, 0.1) is 11.6 Å². The number of imidazole rings is 1. The molecule has 5 rings (SSSR count). The number of fused-ring (bicyclic) bond motifs is 1. The molecule has 0 bridgehead atoms. The average molecular weight is 683 g/mol. The number of alkyl halides is 2. The first-order valence-electron chi connectivity index (χ1n) is 14.6. The zero-order valence-corrected chi connectivity index (χ0v) is 26.7. The molecule has 1 unspecified atom stereocenters. The number of pyridine rings is 1. The number of aromatic nitrogens is 5. The van der Waals surface area contributed by atoms with Gasteiger partial charge in [-0.2, -0.15) is 0 Å². The summed E-state index contributed by atoms with van der Waals surface area (Å²) in [5.41, 5.74) is 6.18. The van der Waals surface area contributed by atoms with Crippen molar-refractivity contribution in [1.82, 2.24) is 24.5 Å². The van der Waals surface area contributed by atoms with Crippen molar-refractivity contribution in [3.05, 3.63) is 54.2 Å². The van der Waals surface area contributed by atoms with E-state index in [1.165, 1.54) is 32.0 Å². The summed E-state index contributed by atoms with van der Waals surface area (Å²) in [6.07, 6.45) is -1.38. The molecule has 13 nitrogen and oxygen atoms in total. The van der Waals surface area contributed by atoms with Gasteiger partial charge in [-0.05, 0) is 44.4 Å². The first kappa shape index (κ1) is 34.4. The lowest BCUT2D eigenvalue weighted by molar-refractivity contribution is -0.0529. The Morgan fingerprint density at radius 3 is 2.62 bits per heavy atom. The van der Waals surface area contributed by atoms with Crippen LogP contribution in [0.15, 0.2) is 37.1 Å². The highest BCUT2D eigenvalue weighted by Crippen LogP contribution is 2.43. The van der Waals surface area contributed by atoms with E-state index < -0.39 is 49.7 Å². The molecule has 0 saturated carbocycles. The first-order chi connectivity index (χ1) is 22.2. The second-order valence-corrected chi connectivity index (χ2v) is 13.4. The maximum atomic E-state index is 15.1. The molecule has 254 valence electrons. The number of hydrogen-bond acceptors (Lipinski definition) is 11. The van der Waals surface area contributed by atoms with Gasteiger partial charge in [0.2, 0.25) is 0 Å². The van der Waals surface area contributed by atoms with Crippen molar-refractivity contribution in [3.63, 3.8) is 0 Å². The minimum absolute atomic E-state index is 0.0402. The highest BCUT2D eigenvalue weighted by atomic mass is 31.2. The normalized spacial score (nSPS) is 18.9. The molecule has 47 heavy (non-hydrogen) atoms. The largest absolute Gasteiger partial charge is 0.494 e. The number of halogens is 4. The van der Waals surface area contributed by atoms with Crippen LogP contribution in [0.5, 0.6) is 5.75 Å². The third kappa shape index (κ3) is 7.49. The number of piperidine rings is 1. The van der Waals surface area contributed by atoms with Crippen molar-refractivity contribution < 1.29 is 41.4 Å². The molecule has 5 N–H and O–H groups in total. The van der Waals surface area contributed by atoms with Crippen molar-refractivity contribution in [2.45, 2.75) is 57.4 Å². The summed E-state index contributed by atoms with van der Waals surface area (Å²) >= 11 is 0. The van der Waals surface area contributed by atoms with Crippen molar-refractivity contribution >= 4 is 30.3 Å². The molecule has 1 fully saturated rings. The van der Waals surface area contributed by atoms with Gasteiger partial charge in [-0.25, -0.2) is 32.5 Å². The Morgan fingerprint density at radius 2 is 1.91 bits per heavy atom. The maximum Gasteiger partial charge on any atom is 0.347 e. The van der Waals surface area contributed by atoms with Gasteiger partial charge >= 0.3 is 7.60 Å². The molecule has 0 aliphatic carbocycles. The van der Waals surface area contributed by atoms with Crippen LogP contribution in [-0.4, -0.2) is 85.2 Å². The minimum atomic E-state index is -3.99. The van der Waals surface area contributed by atoms with Crippen LogP contribution in [0.1, 0.15) is 32.3 Å². The predicted molar refractivity (Wildman–Crippen MR) is 165 cm³/mol. The second-order valence-electron chi connectivity index (χ2n) is 11.6. The van der Waals surface area contributed by atoms with Gasteiger partial charge in [0.25, 0.3) is 6.43 Å². The average Bonchev–Trinajstić information content (AvgIpc) is 3.43. The maximum absolute atomic E-state index is 15.1. The van der Waals surface area contributed by atoms with Crippen molar-refractivity contribution in [3.8, 4) is 17.0 Å². The monoisotopic (exact) mass is 682 g/mol. The Hall–Kier alpha value is -3.89. The molecular formula is C29H35F4N8O5P. The van der Waals surface area contributed by atoms with Gasteiger partial charge in [0, 0.05) is 24.7 Å². The topological polar surface area (TPSA) is 174 Å². The van der Waals surface area contributed by atoms with Gasteiger partial charge in [-0.1, -0.05) is 0 Å². The fraction of sp³-hybridized carbons (Fsp3) is 0.448. The van der Waals surface area contributed by atoms with Crippen LogP contribution in [0.4, 0.5) is 29.1 Å². The lowest BCUT2D eigenvalue weighted by Gasteiger charge is -2.44.